The number of hydrogen-bond donors (Lipinski definition) is 1. The van der Waals surface area contributed by atoms with Gasteiger partial charge in [-0.1, -0.05) is 6.07 Å². The van der Waals surface area contributed by atoms with Crippen LogP contribution in [0.5, 0.6) is 0 Å². The predicted molar refractivity (Wildman–Crippen MR) is 85.5 cm³/mol. The quantitative estimate of drug-likeness (QED) is 0.871. The van der Waals surface area contributed by atoms with E-state index in [2.05, 4.69) is 20.8 Å². The maximum absolute atomic E-state index is 12.9. The molecule has 0 aromatic heterocycles. The molecule has 7 heteroatoms. The third-order valence-corrected chi connectivity index (χ3v) is 6.92. The monoisotopic (exact) mass is 376 g/mol. The van der Waals surface area contributed by atoms with Crippen LogP contribution in [0.4, 0.5) is 0 Å². The minimum Gasteiger partial charge on any atom is -0.392 e. The van der Waals surface area contributed by atoms with E-state index in [-0.39, 0.29) is 17.0 Å². The second-order valence-corrected chi connectivity index (χ2v) is 8.76. The summed E-state index contributed by atoms with van der Waals surface area (Å²) in [5, 5.41) is 9.22. The lowest BCUT2D eigenvalue weighted by atomic mass is 10.0. The third kappa shape index (κ3) is 3.32. The SMILES string of the molecule is CN1CCN(S(=O)(=O)c2cc(CO)ccc2Br)CC1(C)C. The van der Waals surface area contributed by atoms with E-state index in [4.69, 9.17) is 0 Å². The highest BCUT2D eigenvalue weighted by Gasteiger charge is 2.37. The molecular formula is C14H21BrN2O3S. The van der Waals surface area contributed by atoms with Gasteiger partial charge in [0.15, 0.2) is 0 Å². The van der Waals surface area contributed by atoms with Crippen molar-refractivity contribution in [2.75, 3.05) is 26.7 Å². The zero-order valence-electron chi connectivity index (χ0n) is 12.5. The summed E-state index contributed by atoms with van der Waals surface area (Å²) in [7, 11) is -1.56. The highest BCUT2D eigenvalue weighted by Crippen LogP contribution is 2.29. The number of likely N-dealkylation sites (N-methyl/N-ethyl adjacent to an activating group) is 1. The average Bonchev–Trinajstić information content (AvgIpc) is 2.42. The molecule has 118 valence electrons. The van der Waals surface area contributed by atoms with Crippen molar-refractivity contribution in [1.29, 1.82) is 0 Å². The Balaban J connectivity index is 2.39. The van der Waals surface area contributed by atoms with Gasteiger partial charge >= 0.3 is 0 Å². The summed E-state index contributed by atoms with van der Waals surface area (Å²) in [6.45, 7) is 5.51. The molecule has 0 atom stereocenters. The molecule has 1 aliphatic heterocycles. The fourth-order valence-corrected chi connectivity index (χ4v) is 4.94. The molecule has 0 saturated carbocycles. The van der Waals surface area contributed by atoms with E-state index in [0.717, 1.165) is 0 Å². The Morgan fingerprint density at radius 2 is 2.00 bits per heavy atom. The van der Waals surface area contributed by atoms with Gasteiger partial charge in [0, 0.05) is 29.6 Å². The fraction of sp³-hybridized carbons (Fsp3) is 0.571. The summed E-state index contributed by atoms with van der Waals surface area (Å²) >= 11 is 3.30. The second-order valence-electron chi connectivity index (χ2n) is 6.00. The molecule has 1 fully saturated rings. The number of aliphatic hydroxyl groups is 1. The van der Waals surface area contributed by atoms with Crippen LogP contribution >= 0.6 is 15.9 Å². The molecule has 0 aliphatic carbocycles. The second kappa shape index (κ2) is 5.96. The first-order chi connectivity index (χ1) is 9.68. The number of rotatable bonds is 3. The Hall–Kier alpha value is -0.470. The molecule has 21 heavy (non-hydrogen) atoms. The van der Waals surface area contributed by atoms with Gasteiger partial charge in [-0.05, 0) is 54.5 Å². The van der Waals surface area contributed by atoms with Crippen molar-refractivity contribution in [2.24, 2.45) is 0 Å². The summed E-state index contributed by atoms with van der Waals surface area (Å²) < 4.78 is 27.8. The van der Waals surface area contributed by atoms with E-state index in [1.54, 1.807) is 12.1 Å². The number of aliphatic hydroxyl groups excluding tert-OH is 1. The largest absolute Gasteiger partial charge is 0.392 e. The standard InChI is InChI=1S/C14H21BrN2O3S/c1-14(2)10-17(7-6-16(14)3)21(19,20)13-8-11(9-18)4-5-12(13)15/h4-5,8,18H,6-7,9-10H2,1-3H3. The Morgan fingerprint density at radius 1 is 1.33 bits per heavy atom. The Bertz CT molecular complexity index is 631. The number of sulfonamides is 1. The van der Waals surface area contributed by atoms with Crippen molar-refractivity contribution in [3.8, 4) is 0 Å². The molecule has 0 radical (unpaired) electrons. The minimum atomic E-state index is -3.57. The summed E-state index contributed by atoms with van der Waals surface area (Å²) in [4.78, 5) is 2.38. The Labute approximate surface area is 134 Å². The molecule has 0 spiro atoms. The molecule has 1 N–H and O–H groups in total. The maximum Gasteiger partial charge on any atom is 0.244 e. The third-order valence-electron chi connectivity index (χ3n) is 4.08. The van der Waals surface area contributed by atoms with E-state index in [1.807, 2.05) is 20.9 Å². The van der Waals surface area contributed by atoms with E-state index in [9.17, 15) is 13.5 Å². The first-order valence-electron chi connectivity index (χ1n) is 6.79. The van der Waals surface area contributed by atoms with Gasteiger partial charge in [0.1, 0.15) is 0 Å². The van der Waals surface area contributed by atoms with Crippen molar-refractivity contribution in [1.82, 2.24) is 9.21 Å². The molecule has 1 saturated heterocycles. The van der Waals surface area contributed by atoms with Crippen molar-refractivity contribution in [2.45, 2.75) is 30.9 Å². The molecule has 0 unspecified atom stereocenters. The van der Waals surface area contributed by atoms with Crippen LogP contribution in [0, 0.1) is 0 Å². The lowest BCUT2D eigenvalue weighted by molar-refractivity contribution is 0.0801. The zero-order chi connectivity index (χ0) is 15.8. The molecule has 2 rings (SSSR count). The van der Waals surface area contributed by atoms with Crippen molar-refractivity contribution < 1.29 is 13.5 Å². The highest BCUT2D eigenvalue weighted by molar-refractivity contribution is 9.10. The van der Waals surface area contributed by atoms with Crippen molar-refractivity contribution >= 4 is 26.0 Å². The smallest absolute Gasteiger partial charge is 0.244 e. The van der Waals surface area contributed by atoms with E-state index < -0.39 is 10.0 Å². The predicted octanol–water partition coefficient (Wildman–Crippen LogP) is 1.66. The first kappa shape index (κ1) is 16.9. The van der Waals surface area contributed by atoms with Crippen LogP contribution in [-0.2, 0) is 16.6 Å². The normalized spacial score (nSPS) is 20.6. The lowest BCUT2D eigenvalue weighted by Crippen LogP contribution is -2.58. The minimum absolute atomic E-state index is 0.177. The number of halogens is 1. The van der Waals surface area contributed by atoms with Crippen LogP contribution < -0.4 is 0 Å². The fourth-order valence-electron chi connectivity index (χ4n) is 2.38. The maximum atomic E-state index is 12.9. The van der Waals surface area contributed by atoms with Gasteiger partial charge in [-0.25, -0.2) is 8.42 Å². The molecule has 1 heterocycles. The van der Waals surface area contributed by atoms with Gasteiger partial charge in [0.25, 0.3) is 0 Å². The van der Waals surface area contributed by atoms with E-state index in [0.29, 0.717) is 29.7 Å². The number of hydrogen-bond acceptors (Lipinski definition) is 4. The van der Waals surface area contributed by atoms with Crippen LogP contribution in [0.25, 0.3) is 0 Å². The van der Waals surface area contributed by atoms with Gasteiger partial charge in [-0.2, -0.15) is 4.31 Å². The summed E-state index contributed by atoms with van der Waals surface area (Å²) in [6.07, 6.45) is 0. The van der Waals surface area contributed by atoms with Gasteiger partial charge in [-0.3, -0.25) is 4.90 Å². The van der Waals surface area contributed by atoms with Crippen LogP contribution in [0.15, 0.2) is 27.6 Å². The van der Waals surface area contributed by atoms with Gasteiger partial charge in [0.05, 0.1) is 11.5 Å². The Kier molecular flexibility index (Phi) is 4.80. The summed E-state index contributed by atoms with van der Waals surface area (Å²) in [5.41, 5.74) is 0.386. The summed E-state index contributed by atoms with van der Waals surface area (Å²) in [6, 6.07) is 4.90. The molecule has 1 aromatic rings. The topological polar surface area (TPSA) is 60.9 Å². The van der Waals surface area contributed by atoms with Crippen LogP contribution in [0.1, 0.15) is 19.4 Å². The van der Waals surface area contributed by atoms with Gasteiger partial charge < -0.3 is 5.11 Å². The lowest BCUT2D eigenvalue weighted by Gasteiger charge is -2.44. The van der Waals surface area contributed by atoms with Crippen LogP contribution in [-0.4, -0.2) is 55.0 Å². The highest BCUT2D eigenvalue weighted by atomic mass is 79.9. The molecule has 0 bridgehead atoms. The molecule has 5 nitrogen and oxygen atoms in total. The van der Waals surface area contributed by atoms with Crippen LogP contribution in [0.3, 0.4) is 0 Å². The first-order valence-corrected chi connectivity index (χ1v) is 9.02. The van der Waals surface area contributed by atoms with E-state index >= 15 is 0 Å². The Morgan fingerprint density at radius 3 is 2.57 bits per heavy atom. The van der Waals surface area contributed by atoms with Gasteiger partial charge in [-0.15, -0.1) is 0 Å². The number of benzene rings is 1. The van der Waals surface area contributed by atoms with Crippen LogP contribution in [0.2, 0.25) is 0 Å². The number of piperazine rings is 1. The summed E-state index contributed by atoms with van der Waals surface area (Å²) in [5.74, 6) is 0. The van der Waals surface area contributed by atoms with Crippen molar-refractivity contribution in [3.05, 3.63) is 28.2 Å². The zero-order valence-corrected chi connectivity index (χ0v) is 14.9. The molecule has 1 aromatic carbocycles. The van der Waals surface area contributed by atoms with Gasteiger partial charge in [0.2, 0.25) is 10.0 Å². The van der Waals surface area contributed by atoms with Crippen molar-refractivity contribution in [3.63, 3.8) is 0 Å². The molecule has 0 amide bonds. The molecular weight excluding hydrogens is 356 g/mol. The average molecular weight is 377 g/mol. The van der Waals surface area contributed by atoms with E-state index in [1.165, 1.54) is 10.4 Å². The molecule has 1 aliphatic rings. The number of nitrogens with zero attached hydrogens (tertiary/aromatic N) is 2.